The van der Waals surface area contributed by atoms with Crippen molar-refractivity contribution in [3.8, 4) is 0 Å². The number of allylic oxidation sites excluding steroid dienone is 1. The zero-order chi connectivity index (χ0) is 29.8. The van der Waals surface area contributed by atoms with E-state index in [1.54, 1.807) is 0 Å². The van der Waals surface area contributed by atoms with Gasteiger partial charge in [-0.2, -0.15) is 65.9 Å². The van der Waals surface area contributed by atoms with Crippen molar-refractivity contribution in [2.24, 2.45) is 11.8 Å². The van der Waals surface area contributed by atoms with E-state index >= 15 is 0 Å². The van der Waals surface area contributed by atoms with Gasteiger partial charge in [-0.15, -0.1) is 0 Å². The molecule has 2 N–H and O–H groups in total. The molecule has 1 aliphatic rings. The van der Waals surface area contributed by atoms with Crippen LogP contribution in [-0.4, -0.2) is 64.4 Å². The van der Waals surface area contributed by atoms with Crippen LogP contribution < -0.4 is 0 Å². The van der Waals surface area contributed by atoms with Crippen LogP contribution in [-0.2, 0) is 9.53 Å². The topological polar surface area (TPSA) is 66.8 Å². The van der Waals surface area contributed by atoms with E-state index in [2.05, 4.69) is 4.74 Å². The summed E-state index contributed by atoms with van der Waals surface area (Å²) in [4.78, 5) is 12.0. The summed E-state index contributed by atoms with van der Waals surface area (Å²) in [6, 6.07) is 0. The Morgan fingerprint density at radius 1 is 0.622 bits per heavy atom. The van der Waals surface area contributed by atoms with Crippen LogP contribution in [0.3, 0.4) is 0 Å². The lowest BCUT2D eigenvalue weighted by atomic mass is 9.65. The number of carbonyl (C=O) groups excluding carboxylic acids is 1. The van der Waals surface area contributed by atoms with Crippen LogP contribution in [0, 0.1) is 11.8 Å². The third-order valence-electron chi connectivity index (χ3n) is 6.14. The molecule has 1 rings (SSSR count). The second kappa shape index (κ2) is 9.68. The van der Waals surface area contributed by atoms with Crippen molar-refractivity contribution in [2.75, 3.05) is 0 Å². The predicted molar refractivity (Wildman–Crippen MR) is 89.3 cm³/mol. The average Bonchev–Trinajstić information content (AvgIpc) is 2.66. The largest absolute Gasteiger partial charge is 0.459 e. The molecular formula is C18H17F15O4. The second-order valence-corrected chi connectivity index (χ2v) is 8.40. The minimum absolute atomic E-state index is 0.279. The number of hydrogen-bond donors (Lipinski definition) is 2. The molecule has 0 saturated heterocycles. The maximum Gasteiger partial charge on any atom is 0.426 e. The van der Waals surface area contributed by atoms with Crippen molar-refractivity contribution >= 4 is 5.97 Å². The average molecular weight is 582 g/mol. The first-order valence-electron chi connectivity index (χ1n) is 9.70. The van der Waals surface area contributed by atoms with Crippen molar-refractivity contribution in [2.45, 2.75) is 81.3 Å². The molecule has 0 aliphatic heterocycles. The second-order valence-electron chi connectivity index (χ2n) is 8.40. The molecule has 0 bridgehead atoms. The molecule has 1 aliphatic carbocycles. The third-order valence-corrected chi connectivity index (χ3v) is 6.14. The number of rotatable bonds is 4. The lowest BCUT2D eigenvalue weighted by Crippen LogP contribution is -2.67. The molecule has 0 aromatic carbocycles. The molecule has 1 saturated carbocycles. The molecule has 2 atom stereocenters. The smallest absolute Gasteiger partial charge is 0.426 e. The Morgan fingerprint density at radius 2 is 0.919 bits per heavy atom. The summed E-state index contributed by atoms with van der Waals surface area (Å²) in [6.07, 6.45) is -41.1. The van der Waals surface area contributed by atoms with Crippen molar-refractivity contribution in [3.05, 3.63) is 11.1 Å². The number of carbonyl (C=O) groups is 1. The SMILES string of the molecule is CC(C(=O)OC1CC(C(O)(C(F)(F)F)C(F)(F)F)CC(C(O)(C(F)(F)F)C(F)(F)F)C1)=C(C)C(F)(F)F. The van der Waals surface area contributed by atoms with E-state index in [0.29, 0.717) is 6.92 Å². The molecule has 0 spiro atoms. The van der Waals surface area contributed by atoms with Gasteiger partial charge in [0.2, 0.25) is 0 Å². The number of halogens is 15. The van der Waals surface area contributed by atoms with Gasteiger partial charge in [0.25, 0.3) is 11.2 Å². The van der Waals surface area contributed by atoms with Crippen molar-refractivity contribution in [1.29, 1.82) is 0 Å². The monoisotopic (exact) mass is 582 g/mol. The summed E-state index contributed by atoms with van der Waals surface area (Å²) in [5.41, 5.74) is -15.0. The fourth-order valence-corrected chi connectivity index (χ4v) is 3.90. The van der Waals surface area contributed by atoms with E-state index < -0.39 is 96.4 Å². The molecule has 0 aromatic rings. The summed E-state index contributed by atoms with van der Waals surface area (Å²) < 4.78 is 202. The van der Waals surface area contributed by atoms with Gasteiger partial charge in [-0.1, -0.05) is 0 Å². The third kappa shape index (κ3) is 6.06. The molecule has 37 heavy (non-hydrogen) atoms. The summed E-state index contributed by atoms with van der Waals surface area (Å²) in [7, 11) is 0. The van der Waals surface area contributed by atoms with Crippen LogP contribution in [0.2, 0.25) is 0 Å². The van der Waals surface area contributed by atoms with Crippen LogP contribution >= 0.6 is 0 Å². The minimum Gasteiger partial charge on any atom is -0.459 e. The van der Waals surface area contributed by atoms with Gasteiger partial charge < -0.3 is 14.9 Å². The highest BCUT2D eigenvalue weighted by molar-refractivity contribution is 5.89. The molecule has 4 nitrogen and oxygen atoms in total. The Hall–Kier alpha value is -1.92. The number of ether oxygens (including phenoxy) is 1. The van der Waals surface area contributed by atoms with Gasteiger partial charge in [0.15, 0.2) is 0 Å². The zero-order valence-electron chi connectivity index (χ0n) is 18.2. The molecule has 19 heteroatoms. The van der Waals surface area contributed by atoms with Crippen LogP contribution in [0.5, 0.6) is 0 Å². The van der Waals surface area contributed by atoms with Gasteiger partial charge >= 0.3 is 36.9 Å². The molecule has 0 heterocycles. The summed E-state index contributed by atoms with van der Waals surface area (Å²) in [5, 5.41) is 19.1. The molecule has 2 unspecified atom stereocenters. The Morgan fingerprint density at radius 3 is 1.16 bits per heavy atom. The Labute approximate surface area is 197 Å². The quantitative estimate of drug-likeness (QED) is 0.245. The first-order chi connectivity index (χ1) is 16.0. The van der Waals surface area contributed by atoms with Crippen LogP contribution in [0.4, 0.5) is 65.9 Å². The van der Waals surface area contributed by atoms with Crippen molar-refractivity contribution in [3.63, 3.8) is 0 Å². The number of esters is 1. The Kier molecular flexibility index (Phi) is 8.66. The van der Waals surface area contributed by atoms with Crippen LogP contribution in [0.1, 0.15) is 33.1 Å². The molecule has 0 radical (unpaired) electrons. The number of alkyl halides is 15. The van der Waals surface area contributed by atoms with E-state index in [1.807, 2.05) is 0 Å². The van der Waals surface area contributed by atoms with E-state index in [9.17, 15) is 80.9 Å². The van der Waals surface area contributed by atoms with E-state index in [0.717, 1.165) is 0 Å². The molecule has 0 amide bonds. The summed E-state index contributed by atoms with van der Waals surface area (Å²) in [6.45, 7) is 0.688. The van der Waals surface area contributed by atoms with Crippen LogP contribution in [0.25, 0.3) is 0 Å². The highest BCUT2D eigenvalue weighted by atomic mass is 19.4. The van der Waals surface area contributed by atoms with Gasteiger partial charge in [0.1, 0.15) is 6.10 Å². The maximum atomic E-state index is 13.3. The maximum absolute atomic E-state index is 13.3. The first kappa shape index (κ1) is 33.1. The van der Waals surface area contributed by atoms with Gasteiger partial charge in [-0.25, -0.2) is 4.79 Å². The normalized spacial score (nSPS) is 24.0. The predicted octanol–water partition coefficient (Wildman–Crippen LogP) is 5.92. The van der Waals surface area contributed by atoms with E-state index in [1.165, 1.54) is 0 Å². The first-order valence-corrected chi connectivity index (χ1v) is 9.70. The Bertz CT molecular complexity index is 802. The van der Waals surface area contributed by atoms with Gasteiger partial charge in [0.05, 0.1) is 0 Å². The minimum atomic E-state index is -6.75. The van der Waals surface area contributed by atoms with Gasteiger partial charge in [-0.05, 0) is 33.1 Å². The van der Waals surface area contributed by atoms with Gasteiger partial charge in [0, 0.05) is 23.0 Å². The molecule has 218 valence electrons. The van der Waals surface area contributed by atoms with Crippen molar-refractivity contribution < 1.29 is 85.6 Å². The molecular weight excluding hydrogens is 565 g/mol. The highest BCUT2D eigenvalue weighted by Crippen LogP contribution is 2.58. The standard InChI is InChI=1S/C18H17F15O4/c1-6(7(2)14(19,20)21)11(34)37-10-4-8(12(35,15(22,23)24)16(25,26)27)3-9(5-10)13(36,17(28,29)30)18(31,32)33/h8-10,35-36H,3-5H2,1-2H3. The summed E-state index contributed by atoms with van der Waals surface area (Å²) >= 11 is 0. The van der Waals surface area contributed by atoms with E-state index in [-0.39, 0.29) is 6.92 Å². The van der Waals surface area contributed by atoms with Crippen LogP contribution in [0.15, 0.2) is 11.1 Å². The van der Waals surface area contributed by atoms with Gasteiger partial charge in [-0.3, -0.25) is 0 Å². The lowest BCUT2D eigenvalue weighted by molar-refractivity contribution is -0.405. The fraction of sp³-hybridized carbons (Fsp3) is 0.833. The zero-order valence-corrected chi connectivity index (χ0v) is 18.2. The fourth-order valence-electron chi connectivity index (χ4n) is 3.90. The number of hydrogen-bond acceptors (Lipinski definition) is 4. The highest BCUT2D eigenvalue weighted by Gasteiger charge is 2.78. The lowest BCUT2D eigenvalue weighted by Gasteiger charge is -2.48. The van der Waals surface area contributed by atoms with Crippen molar-refractivity contribution in [1.82, 2.24) is 0 Å². The summed E-state index contributed by atoms with van der Waals surface area (Å²) in [5.74, 6) is -9.37. The number of aliphatic hydroxyl groups is 2. The Balaban J connectivity index is 3.73. The van der Waals surface area contributed by atoms with E-state index in [4.69, 9.17) is 0 Å². The molecule has 1 fully saturated rings. The molecule has 0 aromatic heterocycles.